The van der Waals surface area contributed by atoms with E-state index in [9.17, 15) is 14.7 Å². The molecule has 0 amide bonds. The molecule has 0 bridgehead atoms. The van der Waals surface area contributed by atoms with E-state index in [2.05, 4.69) is 4.98 Å². The third-order valence-electron chi connectivity index (χ3n) is 3.41. The Labute approximate surface area is 97.5 Å². The van der Waals surface area contributed by atoms with E-state index in [0.717, 1.165) is 0 Å². The molecule has 94 valence electrons. The van der Waals surface area contributed by atoms with Crippen LogP contribution in [0.25, 0.3) is 0 Å². The van der Waals surface area contributed by atoms with Gasteiger partial charge in [-0.15, -0.1) is 0 Å². The molecule has 17 heavy (non-hydrogen) atoms. The first-order valence-electron chi connectivity index (χ1n) is 5.72. The number of H-pyrrole nitrogens is 1. The molecule has 0 unspecified atom stereocenters. The number of aromatic nitrogens is 2. The Morgan fingerprint density at radius 1 is 1.41 bits per heavy atom. The van der Waals surface area contributed by atoms with Crippen molar-refractivity contribution in [2.24, 2.45) is 5.92 Å². The number of aliphatic hydroxyl groups excluding tert-OH is 2. The van der Waals surface area contributed by atoms with Crippen molar-refractivity contribution in [2.45, 2.75) is 31.4 Å². The lowest BCUT2D eigenvalue weighted by atomic mass is 9.84. The molecule has 1 aliphatic rings. The van der Waals surface area contributed by atoms with Gasteiger partial charge in [0.2, 0.25) is 0 Å². The van der Waals surface area contributed by atoms with E-state index in [1.807, 2.05) is 0 Å². The average Bonchev–Trinajstić information content (AvgIpc) is 2.29. The Bertz CT molecular complexity index is 493. The minimum Gasteiger partial charge on any atom is -0.396 e. The molecule has 3 N–H and O–H groups in total. The fourth-order valence-electron chi connectivity index (χ4n) is 2.37. The minimum atomic E-state index is -0.599. The molecule has 1 aromatic rings. The highest BCUT2D eigenvalue weighted by atomic mass is 16.3. The summed E-state index contributed by atoms with van der Waals surface area (Å²) in [5.41, 5.74) is -0.868. The first-order chi connectivity index (χ1) is 8.11. The Hall–Kier alpha value is -1.40. The van der Waals surface area contributed by atoms with Crippen LogP contribution in [0.1, 0.15) is 25.3 Å². The molecule has 1 aromatic heterocycles. The molecule has 0 spiro atoms. The zero-order valence-corrected chi connectivity index (χ0v) is 9.37. The lowest BCUT2D eigenvalue weighted by molar-refractivity contribution is 0.0175. The van der Waals surface area contributed by atoms with Crippen molar-refractivity contribution in [1.82, 2.24) is 9.55 Å². The van der Waals surface area contributed by atoms with E-state index in [4.69, 9.17) is 5.11 Å². The number of hydrogen-bond acceptors (Lipinski definition) is 4. The van der Waals surface area contributed by atoms with Crippen molar-refractivity contribution in [2.75, 3.05) is 6.61 Å². The molecule has 1 fully saturated rings. The van der Waals surface area contributed by atoms with Crippen LogP contribution in [0.2, 0.25) is 0 Å². The molecule has 6 heteroatoms. The van der Waals surface area contributed by atoms with Crippen molar-refractivity contribution < 1.29 is 10.2 Å². The molecule has 0 aliphatic heterocycles. The molecule has 2 rings (SSSR count). The second-order valence-corrected chi connectivity index (χ2v) is 4.49. The number of hydrogen-bond donors (Lipinski definition) is 3. The molecule has 1 saturated carbocycles. The molecule has 1 aliphatic carbocycles. The quantitative estimate of drug-likeness (QED) is 0.632. The summed E-state index contributed by atoms with van der Waals surface area (Å²) in [6.45, 7) is -0.0333. The third kappa shape index (κ3) is 2.48. The van der Waals surface area contributed by atoms with E-state index < -0.39 is 17.4 Å². The first kappa shape index (κ1) is 12.1. The zero-order chi connectivity index (χ0) is 12.4. The van der Waals surface area contributed by atoms with E-state index >= 15 is 0 Å². The standard InChI is InChI=1S/C11H16N2O4/c14-6-7-1-2-8(5-9(7)15)13-4-3-10(16)12-11(13)17/h3-4,7-9,14-15H,1-2,5-6H2,(H,12,16,17)/t7-,8+,9+/m1/s1. The lowest BCUT2D eigenvalue weighted by Crippen LogP contribution is -2.38. The van der Waals surface area contributed by atoms with Gasteiger partial charge in [-0.25, -0.2) is 4.79 Å². The molecule has 0 saturated heterocycles. The van der Waals surface area contributed by atoms with Crippen LogP contribution in [0.3, 0.4) is 0 Å². The van der Waals surface area contributed by atoms with Gasteiger partial charge in [0, 0.05) is 30.8 Å². The molecule has 6 nitrogen and oxygen atoms in total. The Balaban J connectivity index is 2.19. The Kier molecular flexibility index (Phi) is 3.44. The van der Waals surface area contributed by atoms with Crippen LogP contribution < -0.4 is 11.2 Å². The van der Waals surface area contributed by atoms with Gasteiger partial charge in [-0.3, -0.25) is 14.3 Å². The highest BCUT2D eigenvalue weighted by Gasteiger charge is 2.29. The predicted molar refractivity (Wildman–Crippen MR) is 60.8 cm³/mol. The van der Waals surface area contributed by atoms with Crippen molar-refractivity contribution in [3.63, 3.8) is 0 Å². The molecular weight excluding hydrogens is 224 g/mol. The van der Waals surface area contributed by atoms with Gasteiger partial charge in [0.1, 0.15) is 0 Å². The van der Waals surface area contributed by atoms with Crippen LogP contribution in [-0.4, -0.2) is 32.5 Å². The maximum absolute atomic E-state index is 11.6. The highest BCUT2D eigenvalue weighted by Crippen LogP contribution is 2.31. The number of aliphatic hydroxyl groups is 2. The van der Waals surface area contributed by atoms with E-state index in [1.165, 1.54) is 16.8 Å². The van der Waals surface area contributed by atoms with Gasteiger partial charge in [-0.05, 0) is 19.3 Å². The summed E-state index contributed by atoms with van der Waals surface area (Å²) in [7, 11) is 0. The summed E-state index contributed by atoms with van der Waals surface area (Å²) in [5.74, 6) is -0.107. The van der Waals surface area contributed by atoms with Gasteiger partial charge in [-0.1, -0.05) is 0 Å². The van der Waals surface area contributed by atoms with Crippen LogP contribution in [0, 0.1) is 5.92 Å². The van der Waals surface area contributed by atoms with Crippen molar-refractivity contribution in [3.05, 3.63) is 33.1 Å². The fraction of sp³-hybridized carbons (Fsp3) is 0.636. The van der Waals surface area contributed by atoms with Crippen LogP contribution in [-0.2, 0) is 0 Å². The Morgan fingerprint density at radius 3 is 2.76 bits per heavy atom. The van der Waals surface area contributed by atoms with Gasteiger partial charge in [0.05, 0.1) is 6.10 Å². The highest BCUT2D eigenvalue weighted by molar-refractivity contribution is 4.89. The summed E-state index contributed by atoms with van der Waals surface area (Å²) >= 11 is 0. The van der Waals surface area contributed by atoms with Gasteiger partial charge < -0.3 is 10.2 Å². The fourth-order valence-corrected chi connectivity index (χ4v) is 2.37. The summed E-state index contributed by atoms with van der Waals surface area (Å²) in [6, 6.07) is 1.18. The van der Waals surface area contributed by atoms with Gasteiger partial charge in [0.15, 0.2) is 0 Å². The van der Waals surface area contributed by atoms with E-state index in [0.29, 0.717) is 19.3 Å². The third-order valence-corrected chi connectivity index (χ3v) is 3.41. The average molecular weight is 240 g/mol. The molecule has 1 heterocycles. The summed E-state index contributed by atoms with van der Waals surface area (Å²) in [6.07, 6.45) is 2.68. The van der Waals surface area contributed by atoms with Gasteiger partial charge in [-0.2, -0.15) is 0 Å². The van der Waals surface area contributed by atoms with Crippen LogP contribution in [0.5, 0.6) is 0 Å². The summed E-state index contributed by atoms with van der Waals surface area (Å²) in [4.78, 5) is 24.7. The van der Waals surface area contributed by atoms with Crippen LogP contribution in [0.4, 0.5) is 0 Å². The number of nitrogens with zero attached hydrogens (tertiary/aromatic N) is 1. The summed E-state index contributed by atoms with van der Waals surface area (Å²) in [5, 5.41) is 18.8. The SMILES string of the molecule is O=c1ccn([C@H]2CC[C@H](CO)[C@@H](O)C2)c(=O)[nH]1. The first-order valence-corrected chi connectivity index (χ1v) is 5.72. The predicted octanol–water partition coefficient (Wildman–Crippen LogP) is -0.769. The molecule has 0 aromatic carbocycles. The van der Waals surface area contributed by atoms with Crippen molar-refractivity contribution in [3.8, 4) is 0 Å². The van der Waals surface area contributed by atoms with Gasteiger partial charge in [0.25, 0.3) is 5.56 Å². The second kappa shape index (κ2) is 4.85. The minimum absolute atomic E-state index is 0.0333. The number of nitrogens with one attached hydrogen (secondary N) is 1. The maximum atomic E-state index is 11.6. The second-order valence-electron chi connectivity index (χ2n) is 4.49. The molecule has 3 atom stereocenters. The van der Waals surface area contributed by atoms with E-state index in [-0.39, 0.29) is 18.6 Å². The Morgan fingerprint density at radius 2 is 2.18 bits per heavy atom. The van der Waals surface area contributed by atoms with Crippen LogP contribution >= 0.6 is 0 Å². The monoisotopic (exact) mass is 240 g/mol. The maximum Gasteiger partial charge on any atom is 0.328 e. The van der Waals surface area contributed by atoms with Crippen LogP contribution in [0.15, 0.2) is 21.9 Å². The zero-order valence-electron chi connectivity index (χ0n) is 9.37. The molecule has 0 radical (unpaired) electrons. The lowest BCUT2D eigenvalue weighted by Gasteiger charge is -2.32. The summed E-state index contributed by atoms with van der Waals surface area (Å²) < 4.78 is 1.44. The van der Waals surface area contributed by atoms with Crippen molar-refractivity contribution in [1.29, 1.82) is 0 Å². The van der Waals surface area contributed by atoms with Gasteiger partial charge >= 0.3 is 5.69 Å². The number of aromatic amines is 1. The largest absolute Gasteiger partial charge is 0.396 e. The number of rotatable bonds is 2. The normalized spacial score (nSPS) is 29.2. The molecular formula is C11H16N2O4. The smallest absolute Gasteiger partial charge is 0.328 e. The topological polar surface area (TPSA) is 95.3 Å². The van der Waals surface area contributed by atoms with Crippen molar-refractivity contribution >= 4 is 0 Å². The van der Waals surface area contributed by atoms with E-state index in [1.54, 1.807) is 0 Å².